The van der Waals surface area contributed by atoms with Crippen LogP contribution in [-0.4, -0.2) is 17.1 Å². The van der Waals surface area contributed by atoms with Gasteiger partial charge in [-0.25, -0.2) is 0 Å². The Labute approximate surface area is 72.9 Å². The molecule has 3 N–H and O–H groups in total. The highest BCUT2D eigenvalue weighted by atomic mass is 16.4. The summed E-state index contributed by atoms with van der Waals surface area (Å²) in [6.45, 7) is 0. The third-order valence-corrected chi connectivity index (χ3v) is 2.70. The highest BCUT2D eigenvalue weighted by Crippen LogP contribution is 2.26. The van der Waals surface area contributed by atoms with E-state index < -0.39 is 5.97 Å². The van der Waals surface area contributed by atoms with Crippen molar-refractivity contribution in [3.05, 3.63) is 0 Å². The van der Waals surface area contributed by atoms with E-state index in [1.165, 1.54) is 12.8 Å². The maximum Gasteiger partial charge on any atom is 0.303 e. The van der Waals surface area contributed by atoms with Gasteiger partial charge in [0.1, 0.15) is 0 Å². The summed E-state index contributed by atoms with van der Waals surface area (Å²) in [5, 5.41) is 8.49. The lowest BCUT2D eigenvalue weighted by atomic mass is 9.82. The molecule has 0 aromatic carbocycles. The normalized spacial score (nSPS) is 30.1. The SMILES string of the molecule is N[C@@H]1CCCC[C@H]1CCC(=O)O. The Morgan fingerprint density at radius 3 is 2.67 bits per heavy atom. The Morgan fingerprint density at radius 2 is 2.08 bits per heavy atom. The van der Waals surface area contributed by atoms with E-state index in [0.717, 1.165) is 19.3 Å². The minimum atomic E-state index is -0.701. The smallest absolute Gasteiger partial charge is 0.303 e. The fourth-order valence-electron chi connectivity index (χ4n) is 1.90. The highest BCUT2D eigenvalue weighted by Gasteiger charge is 2.21. The minimum Gasteiger partial charge on any atom is -0.481 e. The van der Waals surface area contributed by atoms with Crippen molar-refractivity contribution in [3.63, 3.8) is 0 Å². The molecule has 0 amide bonds. The molecule has 0 aromatic heterocycles. The van der Waals surface area contributed by atoms with Crippen LogP contribution >= 0.6 is 0 Å². The molecule has 1 aliphatic carbocycles. The average Bonchev–Trinajstić information content (AvgIpc) is 2.03. The number of carbonyl (C=O) groups is 1. The largest absolute Gasteiger partial charge is 0.481 e. The quantitative estimate of drug-likeness (QED) is 0.674. The van der Waals surface area contributed by atoms with Gasteiger partial charge < -0.3 is 10.8 Å². The van der Waals surface area contributed by atoms with Crippen LogP contribution in [-0.2, 0) is 4.79 Å². The molecular formula is C9H17NO2. The Balaban J connectivity index is 2.24. The van der Waals surface area contributed by atoms with Gasteiger partial charge in [0.2, 0.25) is 0 Å². The third kappa shape index (κ3) is 2.81. The molecule has 0 saturated heterocycles. The van der Waals surface area contributed by atoms with E-state index in [2.05, 4.69) is 0 Å². The number of carboxylic acids is 1. The average molecular weight is 171 g/mol. The molecule has 0 spiro atoms. The summed E-state index contributed by atoms with van der Waals surface area (Å²) in [4.78, 5) is 10.3. The highest BCUT2D eigenvalue weighted by molar-refractivity contribution is 5.66. The van der Waals surface area contributed by atoms with Gasteiger partial charge in [-0.15, -0.1) is 0 Å². The van der Waals surface area contributed by atoms with Crippen LogP contribution in [0.15, 0.2) is 0 Å². The van der Waals surface area contributed by atoms with E-state index >= 15 is 0 Å². The third-order valence-electron chi connectivity index (χ3n) is 2.70. The molecule has 0 radical (unpaired) electrons. The molecule has 0 bridgehead atoms. The van der Waals surface area contributed by atoms with Gasteiger partial charge in [0.05, 0.1) is 0 Å². The lowest BCUT2D eigenvalue weighted by molar-refractivity contribution is -0.137. The van der Waals surface area contributed by atoms with Crippen molar-refractivity contribution in [1.82, 2.24) is 0 Å². The summed E-state index contributed by atoms with van der Waals surface area (Å²) in [6.07, 6.45) is 5.66. The summed E-state index contributed by atoms with van der Waals surface area (Å²) in [5.74, 6) is -0.248. The molecule has 3 heteroatoms. The molecule has 1 fully saturated rings. The number of aliphatic carboxylic acids is 1. The van der Waals surface area contributed by atoms with E-state index in [4.69, 9.17) is 10.8 Å². The van der Waals surface area contributed by atoms with E-state index in [1.54, 1.807) is 0 Å². The molecule has 1 aliphatic rings. The van der Waals surface area contributed by atoms with Crippen molar-refractivity contribution < 1.29 is 9.90 Å². The van der Waals surface area contributed by atoms with Crippen LogP contribution in [0.2, 0.25) is 0 Å². The van der Waals surface area contributed by atoms with E-state index in [1.807, 2.05) is 0 Å². The van der Waals surface area contributed by atoms with Crippen LogP contribution in [0.25, 0.3) is 0 Å². The lowest BCUT2D eigenvalue weighted by Gasteiger charge is -2.27. The molecule has 1 saturated carbocycles. The first-order valence-corrected chi connectivity index (χ1v) is 4.67. The predicted octanol–water partition coefficient (Wildman–Crippen LogP) is 1.37. The summed E-state index contributed by atoms with van der Waals surface area (Å²) in [5.41, 5.74) is 5.87. The molecule has 70 valence electrons. The second-order valence-electron chi connectivity index (χ2n) is 3.64. The van der Waals surface area contributed by atoms with Gasteiger partial charge in [-0.3, -0.25) is 4.79 Å². The van der Waals surface area contributed by atoms with Crippen LogP contribution in [0, 0.1) is 5.92 Å². The van der Waals surface area contributed by atoms with Gasteiger partial charge in [-0.05, 0) is 25.2 Å². The predicted molar refractivity (Wildman–Crippen MR) is 46.8 cm³/mol. The van der Waals surface area contributed by atoms with Crippen molar-refractivity contribution in [3.8, 4) is 0 Å². The zero-order valence-electron chi connectivity index (χ0n) is 7.33. The maximum atomic E-state index is 10.3. The van der Waals surface area contributed by atoms with Crippen LogP contribution in [0.5, 0.6) is 0 Å². The summed E-state index contributed by atoms with van der Waals surface area (Å²) in [7, 11) is 0. The van der Waals surface area contributed by atoms with Crippen molar-refractivity contribution in [2.24, 2.45) is 11.7 Å². The summed E-state index contributed by atoms with van der Waals surface area (Å²) in [6, 6.07) is 0.248. The van der Waals surface area contributed by atoms with Crippen molar-refractivity contribution in [2.75, 3.05) is 0 Å². The molecule has 0 unspecified atom stereocenters. The van der Waals surface area contributed by atoms with Gasteiger partial charge >= 0.3 is 5.97 Å². The van der Waals surface area contributed by atoms with Crippen molar-refractivity contribution in [1.29, 1.82) is 0 Å². The molecule has 1 rings (SSSR count). The zero-order valence-corrected chi connectivity index (χ0v) is 7.33. The first-order valence-electron chi connectivity index (χ1n) is 4.67. The number of hydrogen-bond donors (Lipinski definition) is 2. The van der Waals surface area contributed by atoms with Gasteiger partial charge in [-0.1, -0.05) is 12.8 Å². The van der Waals surface area contributed by atoms with Gasteiger partial charge in [0.25, 0.3) is 0 Å². The summed E-state index contributed by atoms with van der Waals surface area (Å²) < 4.78 is 0. The topological polar surface area (TPSA) is 63.3 Å². The Bertz CT molecular complexity index is 159. The van der Waals surface area contributed by atoms with E-state index in [0.29, 0.717) is 5.92 Å². The van der Waals surface area contributed by atoms with Crippen LogP contribution in [0.3, 0.4) is 0 Å². The molecule has 12 heavy (non-hydrogen) atoms. The zero-order chi connectivity index (χ0) is 8.97. The fraction of sp³-hybridized carbons (Fsp3) is 0.889. The van der Waals surface area contributed by atoms with E-state index in [9.17, 15) is 4.79 Å². The number of rotatable bonds is 3. The first-order chi connectivity index (χ1) is 5.70. The second kappa shape index (κ2) is 4.45. The van der Waals surface area contributed by atoms with Crippen LogP contribution < -0.4 is 5.73 Å². The molecule has 3 nitrogen and oxygen atoms in total. The lowest BCUT2D eigenvalue weighted by Crippen LogP contribution is -2.33. The van der Waals surface area contributed by atoms with Gasteiger partial charge in [-0.2, -0.15) is 0 Å². The fourth-order valence-corrected chi connectivity index (χ4v) is 1.90. The van der Waals surface area contributed by atoms with Gasteiger partial charge in [0.15, 0.2) is 0 Å². The van der Waals surface area contributed by atoms with E-state index in [-0.39, 0.29) is 12.5 Å². The first kappa shape index (κ1) is 9.52. The Morgan fingerprint density at radius 1 is 1.42 bits per heavy atom. The number of hydrogen-bond acceptors (Lipinski definition) is 2. The number of carboxylic acid groups (broad SMARTS) is 1. The number of nitrogens with two attached hydrogens (primary N) is 1. The van der Waals surface area contributed by atoms with Gasteiger partial charge in [0, 0.05) is 12.5 Å². The minimum absolute atomic E-state index is 0.248. The maximum absolute atomic E-state index is 10.3. The van der Waals surface area contributed by atoms with Crippen LogP contribution in [0.4, 0.5) is 0 Å². The molecule has 2 atom stereocenters. The molecule has 0 heterocycles. The monoisotopic (exact) mass is 171 g/mol. The summed E-state index contributed by atoms with van der Waals surface area (Å²) >= 11 is 0. The van der Waals surface area contributed by atoms with Crippen LogP contribution in [0.1, 0.15) is 38.5 Å². The standard InChI is InChI=1S/C9H17NO2/c10-8-4-2-1-3-7(8)5-6-9(11)12/h7-8H,1-6,10H2,(H,11,12)/t7-,8+/m0/s1. The Hall–Kier alpha value is -0.570. The molecule has 0 aliphatic heterocycles. The van der Waals surface area contributed by atoms with Crippen molar-refractivity contribution >= 4 is 5.97 Å². The second-order valence-corrected chi connectivity index (χ2v) is 3.64. The Kier molecular flexibility index (Phi) is 3.53. The molecular weight excluding hydrogens is 154 g/mol. The van der Waals surface area contributed by atoms with Crippen molar-refractivity contribution in [2.45, 2.75) is 44.6 Å². The molecule has 0 aromatic rings.